The number of hydrogen-bond donors (Lipinski definition) is 0. The van der Waals surface area contributed by atoms with Gasteiger partial charge in [-0.15, -0.1) is 11.3 Å². The highest BCUT2D eigenvalue weighted by Crippen LogP contribution is 2.47. The molecular weight excluding hydrogens is 719 g/mol. The largest absolute Gasteiger partial charge is 0.456 e. The van der Waals surface area contributed by atoms with Crippen molar-refractivity contribution in [3.63, 3.8) is 0 Å². The van der Waals surface area contributed by atoms with E-state index in [1.807, 2.05) is 0 Å². The van der Waals surface area contributed by atoms with Crippen molar-refractivity contribution in [1.82, 2.24) is 15.0 Å². The van der Waals surface area contributed by atoms with Crippen LogP contribution >= 0.6 is 11.3 Å². The second-order valence-corrected chi connectivity index (χ2v) is 13.1. The van der Waals surface area contributed by atoms with Gasteiger partial charge >= 0.3 is 0 Å². The van der Waals surface area contributed by atoms with E-state index < -0.39 is 270 Å². The highest BCUT2D eigenvalue weighted by molar-refractivity contribution is 7.26. The van der Waals surface area contributed by atoms with Crippen molar-refractivity contribution in [3.8, 4) is 56.4 Å². The van der Waals surface area contributed by atoms with Crippen LogP contribution in [0.5, 0.6) is 0 Å². The van der Waals surface area contributed by atoms with E-state index >= 15 is 0 Å². The van der Waals surface area contributed by atoms with Crippen LogP contribution in [-0.2, 0) is 0 Å². The van der Waals surface area contributed by atoms with Gasteiger partial charge in [0, 0.05) is 52.8 Å². The highest BCUT2D eigenvalue weighted by atomic mass is 32.1. The Bertz CT molecular complexity index is 5100. The van der Waals surface area contributed by atoms with Gasteiger partial charge < -0.3 is 8.83 Å². The van der Waals surface area contributed by atoms with Gasteiger partial charge in [-0.05, 0) is 70.6 Å². The summed E-state index contributed by atoms with van der Waals surface area (Å²) >= 11 is 0.578. The first kappa shape index (κ1) is 14.6. The maximum absolute atomic E-state index is 10.2. The number of aromatic nitrogens is 3. The Kier molecular flexibility index (Phi) is 3.22. The third-order valence-electron chi connectivity index (χ3n) is 8.89. The van der Waals surface area contributed by atoms with Gasteiger partial charge in [0.15, 0.2) is 17.5 Å². The van der Waals surface area contributed by atoms with E-state index in [4.69, 9.17) is 32.1 Å². The molecular formula is C51H29N3O2S. The molecule has 0 saturated heterocycles. The van der Waals surface area contributed by atoms with E-state index in [0.717, 1.165) is 0 Å². The zero-order chi connectivity index (χ0) is 62.7. The van der Waals surface area contributed by atoms with Gasteiger partial charge in [-0.3, -0.25) is 0 Å². The van der Waals surface area contributed by atoms with E-state index in [1.54, 1.807) is 0 Å². The molecule has 0 aliphatic rings. The van der Waals surface area contributed by atoms with Crippen LogP contribution in [-0.4, -0.2) is 15.0 Å². The number of rotatable bonds is 5. The number of hydrogen-bond acceptors (Lipinski definition) is 6. The first-order chi connectivity index (χ1) is 40.3. The standard InChI is InChI=1S/C51H29N3O2S/c1-3-13-30(14-4-1)49-52-50(31-15-5-2-6-16-31)54-51(53-49)39-21-11-20-38-46-36(19-12-23-42(46)56-48(38)39)40-27-33(29-45-47(40)37-18-8-10-24-44(37)57-45)32-25-26-35-34-17-7-9-22-41(34)55-43(35)28-32/h1-29H/i1D,2D,3D,4D,5D,6D,7D,8D,9D,10D,11D,12D,13D,14D,15D,16D,17D,18D,19D,20D,21D,22D,23D,24D,25D,26D,27D,28D,29D. The third-order valence-corrected chi connectivity index (χ3v) is 9.91. The molecule has 6 heteroatoms. The lowest BCUT2D eigenvalue weighted by atomic mass is 9.92. The molecule has 0 radical (unpaired) electrons. The molecule has 0 amide bonds. The van der Waals surface area contributed by atoms with Crippen LogP contribution in [0, 0.1) is 0 Å². The predicted molar refractivity (Wildman–Crippen MR) is 234 cm³/mol. The molecule has 0 atom stereocenters. The molecule has 0 spiro atoms. The zero-order valence-electron chi connectivity index (χ0n) is 57.1. The minimum absolute atomic E-state index is 0.231. The second-order valence-electron chi connectivity index (χ2n) is 12.1. The van der Waals surface area contributed by atoms with Crippen molar-refractivity contribution in [2.75, 3.05) is 0 Å². The highest BCUT2D eigenvalue weighted by Gasteiger charge is 2.22. The molecule has 0 fully saturated rings. The molecule has 0 saturated carbocycles. The molecule has 0 N–H and O–H groups in total. The number of benzene rings is 8. The first-order valence-corrected chi connectivity index (χ1v) is 17.4. The van der Waals surface area contributed by atoms with Crippen molar-refractivity contribution in [2.24, 2.45) is 0 Å². The minimum Gasteiger partial charge on any atom is -0.456 e. The van der Waals surface area contributed by atoms with Crippen molar-refractivity contribution < 1.29 is 48.6 Å². The number of fused-ring (bicyclic) bond motifs is 9. The fraction of sp³-hybridized carbons (Fsp3) is 0. The van der Waals surface area contributed by atoms with Gasteiger partial charge in [-0.1, -0.05) is 127 Å². The van der Waals surface area contributed by atoms with Crippen LogP contribution in [0.2, 0.25) is 0 Å². The molecule has 0 aliphatic carbocycles. The SMILES string of the molecule is [2H]c1c([2H])c([2H])c(-c2nc(-c3c([2H])c([2H])c([2H])c([2H])c3[2H])nc(-c3c([2H])c([2H])c([2H])c4c3oc3c([2H])c([2H])c([2H])c(-c5c([2H])c(-c6c([2H])c([2H])c7c(oc8c([2H])c([2H])c([2H])c([2H])c87)c6[2H])c([2H])c6sc7c([2H])c([2H])c([2H])c([2H])c7c56)c34)n2)c([2H])c1[2H]. The van der Waals surface area contributed by atoms with E-state index in [9.17, 15) is 16.4 Å². The number of furan rings is 2. The Morgan fingerprint density at radius 1 is 0.368 bits per heavy atom. The summed E-state index contributed by atoms with van der Waals surface area (Å²) in [5.74, 6) is -2.47. The zero-order valence-corrected chi connectivity index (χ0v) is 28.9. The van der Waals surface area contributed by atoms with Crippen molar-refractivity contribution in [1.29, 1.82) is 0 Å². The van der Waals surface area contributed by atoms with Crippen molar-refractivity contribution >= 4 is 75.4 Å². The van der Waals surface area contributed by atoms with Gasteiger partial charge in [0.25, 0.3) is 0 Å². The van der Waals surface area contributed by atoms with Crippen molar-refractivity contribution in [2.45, 2.75) is 0 Å². The van der Waals surface area contributed by atoms with Crippen LogP contribution in [0.25, 0.3) is 120 Å². The topological polar surface area (TPSA) is 65.0 Å². The molecule has 12 aromatic rings. The van der Waals surface area contributed by atoms with Crippen LogP contribution in [0.15, 0.2) is 184 Å². The van der Waals surface area contributed by atoms with E-state index in [0.29, 0.717) is 11.3 Å². The van der Waals surface area contributed by atoms with Crippen LogP contribution in [0.4, 0.5) is 0 Å². The van der Waals surface area contributed by atoms with E-state index in [-0.39, 0.29) is 25.6 Å². The first-order valence-electron chi connectivity index (χ1n) is 31.1. The lowest BCUT2D eigenvalue weighted by molar-refractivity contribution is 0.669. The third kappa shape index (κ3) is 5.12. The Morgan fingerprint density at radius 2 is 1.00 bits per heavy atom. The summed E-state index contributed by atoms with van der Waals surface area (Å²) in [4.78, 5) is 13.0. The average Bonchev–Trinajstić information content (AvgIpc) is 1.51. The summed E-state index contributed by atoms with van der Waals surface area (Å²) in [5, 5.41) is -2.70. The monoisotopic (exact) mass is 776 g/mol. The number of nitrogens with zero attached hydrogens (tertiary/aromatic N) is 3. The Hall–Kier alpha value is -7.41. The van der Waals surface area contributed by atoms with Gasteiger partial charge in [0.1, 0.15) is 22.3 Å². The average molecular weight is 777 g/mol. The van der Waals surface area contributed by atoms with Crippen LogP contribution < -0.4 is 0 Å². The summed E-state index contributed by atoms with van der Waals surface area (Å²) in [7, 11) is 0. The van der Waals surface area contributed by atoms with E-state index in [2.05, 4.69) is 15.0 Å². The maximum atomic E-state index is 10.2. The summed E-state index contributed by atoms with van der Waals surface area (Å²) in [6.45, 7) is 0. The summed E-state index contributed by atoms with van der Waals surface area (Å²) in [6.07, 6.45) is 0. The minimum atomic E-state index is -1.00. The summed E-state index contributed by atoms with van der Waals surface area (Å²) in [5.41, 5.74) is -7.43. The van der Waals surface area contributed by atoms with Gasteiger partial charge in [-0.25, -0.2) is 15.0 Å². The Labute approximate surface area is 370 Å². The van der Waals surface area contributed by atoms with E-state index in [1.165, 1.54) is 0 Å². The lowest BCUT2D eigenvalue weighted by Gasteiger charge is -2.11. The predicted octanol–water partition coefficient (Wildman–Crippen LogP) is 14.4. The van der Waals surface area contributed by atoms with Crippen LogP contribution in [0.1, 0.15) is 39.8 Å². The Balaban J connectivity index is 1.28. The smallest absolute Gasteiger partial charge is 0.167 e. The van der Waals surface area contributed by atoms with Crippen LogP contribution in [0.3, 0.4) is 0 Å². The molecule has 266 valence electrons. The quantitative estimate of drug-likeness (QED) is 0.174. The van der Waals surface area contributed by atoms with Crippen molar-refractivity contribution in [3.05, 3.63) is 175 Å². The molecule has 0 unspecified atom stereocenters. The number of para-hydroxylation sites is 2. The number of thiophene rings is 1. The fourth-order valence-electron chi connectivity index (χ4n) is 6.47. The fourth-order valence-corrected chi connectivity index (χ4v) is 7.49. The molecule has 5 nitrogen and oxygen atoms in total. The Morgan fingerprint density at radius 3 is 1.81 bits per heavy atom. The van der Waals surface area contributed by atoms with Gasteiger partial charge in [0.2, 0.25) is 0 Å². The maximum Gasteiger partial charge on any atom is 0.167 e. The summed E-state index contributed by atoms with van der Waals surface area (Å²) in [6, 6.07) is -24.6. The second kappa shape index (κ2) is 12.6. The normalized spacial score (nSPS) is 19.0. The van der Waals surface area contributed by atoms with Gasteiger partial charge in [-0.2, -0.15) is 0 Å². The van der Waals surface area contributed by atoms with Gasteiger partial charge in [0.05, 0.1) is 45.3 Å². The molecule has 4 aromatic heterocycles. The molecule has 0 bridgehead atoms. The molecule has 12 rings (SSSR count). The molecule has 57 heavy (non-hydrogen) atoms. The summed E-state index contributed by atoms with van der Waals surface area (Å²) < 4.78 is 271. The molecule has 0 aliphatic heterocycles. The molecule has 8 aromatic carbocycles. The molecule has 4 heterocycles. The lowest BCUT2D eigenvalue weighted by Crippen LogP contribution is -2.00.